The molecule has 1 aliphatic rings. The number of hydrogen-bond donors (Lipinski definition) is 0. The van der Waals surface area contributed by atoms with E-state index in [2.05, 4.69) is 0 Å². The SMILES string of the molecule is CC1(F)Cc2ccccc2OC1(C)F. The second-order valence-corrected chi connectivity index (χ2v) is 4.00. The molecule has 14 heavy (non-hydrogen) atoms. The molecule has 1 nitrogen and oxygen atoms in total. The molecule has 2 unspecified atom stereocenters. The highest BCUT2D eigenvalue weighted by molar-refractivity contribution is 5.37. The van der Waals surface area contributed by atoms with Crippen molar-refractivity contribution in [3.05, 3.63) is 29.8 Å². The number of hydrogen-bond acceptors (Lipinski definition) is 1. The summed E-state index contributed by atoms with van der Waals surface area (Å²) in [5.74, 6) is -1.81. The van der Waals surface area contributed by atoms with Gasteiger partial charge in [-0.3, -0.25) is 0 Å². The first-order valence-corrected chi connectivity index (χ1v) is 4.57. The highest BCUT2D eigenvalue weighted by Crippen LogP contribution is 2.42. The van der Waals surface area contributed by atoms with E-state index in [-0.39, 0.29) is 6.42 Å². The maximum Gasteiger partial charge on any atom is 0.278 e. The molecule has 1 aromatic rings. The number of alkyl halides is 2. The molecular weight excluding hydrogens is 186 g/mol. The Morgan fingerprint density at radius 1 is 1.21 bits per heavy atom. The van der Waals surface area contributed by atoms with Crippen molar-refractivity contribution >= 4 is 0 Å². The Kier molecular flexibility index (Phi) is 1.81. The summed E-state index contributed by atoms with van der Waals surface area (Å²) in [6.07, 6.45) is 0.0518. The zero-order chi connectivity index (χ0) is 10.4. The van der Waals surface area contributed by atoms with E-state index < -0.39 is 11.5 Å². The van der Waals surface area contributed by atoms with Crippen molar-refractivity contribution in [1.29, 1.82) is 0 Å². The van der Waals surface area contributed by atoms with Crippen molar-refractivity contribution in [2.24, 2.45) is 0 Å². The number of rotatable bonds is 0. The molecule has 0 N–H and O–H groups in total. The first kappa shape index (κ1) is 9.44. The lowest BCUT2D eigenvalue weighted by molar-refractivity contribution is -0.165. The van der Waals surface area contributed by atoms with Crippen molar-refractivity contribution < 1.29 is 13.5 Å². The molecule has 0 bridgehead atoms. The summed E-state index contributed by atoms with van der Waals surface area (Å²) in [7, 11) is 0. The first-order valence-electron chi connectivity index (χ1n) is 4.57. The Hall–Kier alpha value is -1.12. The zero-order valence-electron chi connectivity index (χ0n) is 8.18. The molecule has 0 spiro atoms. The predicted octanol–water partition coefficient (Wildman–Crippen LogP) is 3.04. The molecule has 1 heterocycles. The van der Waals surface area contributed by atoms with Gasteiger partial charge >= 0.3 is 0 Å². The van der Waals surface area contributed by atoms with Crippen LogP contribution in [0.3, 0.4) is 0 Å². The molecule has 2 atom stereocenters. The quantitative estimate of drug-likeness (QED) is 0.622. The summed E-state index contributed by atoms with van der Waals surface area (Å²) in [5, 5.41) is 0. The van der Waals surface area contributed by atoms with Gasteiger partial charge < -0.3 is 4.74 Å². The number of ether oxygens (including phenoxy) is 1. The second-order valence-electron chi connectivity index (χ2n) is 4.00. The Balaban J connectivity index is 2.46. The lowest BCUT2D eigenvalue weighted by Gasteiger charge is -2.39. The van der Waals surface area contributed by atoms with E-state index in [0.29, 0.717) is 11.3 Å². The Morgan fingerprint density at radius 2 is 1.86 bits per heavy atom. The lowest BCUT2D eigenvalue weighted by atomic mass is 9.88. The third-order valence-corrected chi connectivity index (χ3v) is 2.73. The zero-order valence-corrected chi connectivity index (χ0v) is 8.18. The van der Waals surface area contributed by atoms with Crippen LogP contribution in [-0.2, 0) is 6.42 Å². The van der Waals surface area contributed by atoms with Gasteiger partial charge in [-0.05, 0) is 18.6 Å². The molecule has 2 rings (SSSR count). The molecule has 0 saturated heterocycles. The van der Waals surface area contributed by atoms with Gasteiger partial charge in [0.25, 0.3) is 5.85 Å². The predicted molar refractivity (Wildman–Crippen MR) is 49.8 cm³/mol. The van der Waals surface area contributed by atoms with Gasteiger partial charge in [0.15, 0.2) is 5.67 Å². The number of benzene rings is 1. The summed E-state index contributed by atoms with van der Waals surface area (Å²) in [5.41, 5.74) is -1.26. The Bertz CT molecular complexity index is 323. The highest BCUT2D eigenvalue weighted by atomic mass is 19.2. The van der Waals surface area contributed by atoms with E-state index in [1.807, 2.05) is 0 Å². The van der Waals surface area contributed by atoms with Crippen molar-refractivity contribution in [3.8, 4) is 5.75 Å². The molecular formula is C11H12F2O. The standard InChI is InChI=1S/C11H12F2O/c1-10(12)7-8-5-3-4-6-9(8)14-11(10,2)13/h3-6H,7H2,1-2H3. The van der Waals surface area contributed by atoms with Crippen LogP contribution in [0, 0.1) is 0 Å². The van der Waals surface area contributed by atoms with E-state index in [0.717, 1.165) is 6.92 Å². The highest BCUT2D eigenvalue weighted by Gasteiger charge is 2.51. The maximum absolute atomic E-state index is 13.8. The molecule has 0 aliphatic carbocycles. The minimum absolute atomic E-state index is 0.0518. The average Bonchev–Trinajstić information content (AvgIpc) is 2.05. The van der Waals surface area contributed by atoms with Crippen LogP contribution < -0.4 is 4.74 Å². The third-order valence-electron chi connectivity index (χ3n) is 2.73. The van der Waals surface area contributed by atoms with E-state index in [9.17, 15) is 8.78 Å². The van der Waals surface area contributed by atoms with Gasteiger partial charge in [-0.2, -0.15) is 4.39 Å². The monoisotopic (exact) mass is 198 g/mol. The van der Waals surface area contributed by atoms with Gasteiger partial charge in [-0.1, -0.05) is 18.2 Å². The Labute approximate surface area is 81.7 Å². The Morgan fingerprint density at radius 3 is 2.57 bits per heavy atom. The number of halogens is 2. The smallest absolute Gasteiger partial charge is 0.278 e. The average molecular weight is 198 g/mol. The molecule has 3 heteroatoms. The fraction of sp³-hybridized carbons (Fsp3) is 0.455. The maximum atomic E-state index is 13.8. The summed E-state index contributed by atoms with van der Waals surface area (Å²) in [4.78, 5) is 0. The second kappa shape index (κ2) is 2.69. The van der Waals surface area contributed by atoms with Crippen LogP contribution in [0.1, 0.15) is 19.4 Å². The van der Waals surface area contributed by atoms with E-state index in [1.165, 1.54) is 6.92 Å². The van der Waals surface area contributed by atoms with Gasteiger partial charge in [0, 0.05) is 13.3 Å². The fourth-order valence-electron chi connectivity index (χ4n) is 1.58. The minimum atomic E-state index is -2.25. The van der Waals surface area contributed by atoms with Crippen LogP contribution in [-0.4, -0.2) is 11.5 Å². The normalized spacial score (nSPS) is 36.0. The van der Waals surface area contributed by atoms with E-state index in [4.69, 9.17) is 4.74 Å². The van der Waals surface area contributed by atoms with Crippen LogP contribution in [0.2, 0.25) is 0 Å². The van der Waals surface area contributed by atoms with Gasteiger partial charge in [-0.15, -0.1) is 0 Å². The van der Waals surface area contributed by atoms with Crippen LogP contribution in [0.15, 0.2) is 24.3 Å². The van der Waals surface area contributed by atoms with Crippen LogP contribution in [0.4, 0.5) is 8.78 Å². The van der Waals surface area contributed by atoms with Crippen LogP contribution >= 0.6 is 0 Å². The van der Waals surface area contributed by atoms with Gasteiger partial charge in [-0.25, -0.2) is 4.39 Å². The molecule has 0 amide bonds. The van der Waals surface area contributed by atoms with Crippen molar-refractivity contribution in [2.45, 2.75) is 31.8 Å². The van der Waals surface area contributed by atoms with E-state index in [1.54, 1.807) is 24.3 Å². The third kappa shape index (κ3) is 1.27. The van der Waals surface area contributed by atoms with Crippen molar-refractivity contribution in [3.63, 3.8) is 0 Å². The molecule has 1 aromatic carbocycles. The van der Waals surface area contributed by atoms with Gasteiger partial charge in [0.05, 0.1) is 0 Å². The molecule has 76 valence electrons. The van der Waals surface area contributed by atoms with Crippen molar-refractivity contribution in [1.82, 2.24) is 0 Å². The lowest BCUT2D eigenvalue weighted by Crippen LogP contribution is -2.51. The van der Waals surface area contributed by atoms with Gasteiger partial charge in [0.2, 0.25) is 0 Å². The summed E-state index contributed by atoms with van der Waals surface area (Å²) >= 11 is 0. The van der Waals surface area contributed by atoms with E-state index >= 15 is 0 Å². The molecule has 0 radical (unpaired) electrons. The minimum Gasteiger partial charge on any atom is -0.454 e. The molecule has 1 aliphatic heterocycles. The molecule has 0 saturated carbocycles. The van der Waals surface area contributed by atoms with Crippen LogP contribution in [0.25, 0.3) is 0 Å². The summed E-state index contributed by atoms with van der Waals surface area (Å²) < 4.78 is 32.6. The van der Waals surface area contributed by atoms with Crippen LogP contribution in [0.5, 0.6) is 5.75 Å². The summed E-state index contributed by atoms with van der Waals surface area (Å²) in [6, 6.07) is 6.94. The summed E-state index contributed by atoms with van der Waals surface area (Å²) in [6.45, 7) is 2.35. The molecule has 0 fully saturated rings. The topological polar surface area (TPSA) is 9.23 Å². The number of para-hydroxylation sites is 1. The van der Waals surface area contributed by atoms with Gasteiger partial charge in [0.1, 0.15) is 5.75 Å². The fourth-order valence-corrected chi connectivity index (χ4v) is 1.58. The van der Waals surface area contributed by atoms with Crippen molar-refractivity contribution in [2.75, 3.05) is 0 Å². The number of fused-ring (bicyclic) bond motifs is 1. The largest absolute Gasteiger partial charge is 0.454 e. The molecule has 0 aromatic heterocycles. The first-order chi connectivity index (χ1) is 6.42.